The molecule has 1 unspecified atom stereocenters. The van der Waals surface area contributed by atoms with Crippen molar-refractivity contribution in [2.75, 3.05) is 7.11 Å². The average Bonchev–Trinajstić information content (AvgIpc) is 2.58. The molecule has 0 amide bonds. The number of esters is 1. The molecule has 0 aliphatic heterocycles. The van der Waals surface area contributed by atoms with Crippen LogP contribution in [0.5, 0.6) is 0 Å². The number of methoxy groups -OCH3 is 1. The van der Waals surface area contributed by atoms with Crippen molar-refractivity contribution in [1.29, 1.82) is 5.26 Å². The standard InChI is InChI=1S/C5H5N5O2/c1-12-5(11)3(2-6)4-7-9-10-8-4/h3H,1H3,(H,7,8,9,10). The molecule has 0 bridgehead atoms. The van der Waals surface area contributed by atoms with Crippen LogP contribution in [-0.2, 0) is 9.53 Å². The molecule has 0 aromatic carbocycles. The number of aromatic nitrogens is 4. The van der Waals surface area contributed by atoms with E-state index < -0.39 is 11.9 Å². The number of nitrogens with zero attached hydrogens (tertiary/aromatic N) is 4. The quantitative estimate of drug-likeness (QED) is 0.565. The first kappa shape index (κ1) is 8.13. The van der Waals surface area contributed by atoms with Crippen molar-refractivity contribution in [3.8, 4) is 6.07 Å². The second-order valence-electron chi connectivity index (χ2n) is 1.86. The highest BCUT2D eigenvalue weighted by Gasteiger charge is 2.24. The van der Waals surface area contributed by atoms with Gasteiger partial charge in [0, 0.05) is 0 Å². The van der Waals surface area contributed by atoms with Crippen LogP contribution in [-0.4, -0.2) is 33.7 Å². The maximum Gasteiger partial charge on any atom is 0.331 e. The first-order valence-electron chi connectivity index (χ1n) is 3.00. The minimum atomic E-state index is -1.10. The monoisotopic (exact) mass is 167 g/mol. The predicted molar refractivity (Wildman–Crippen MR) is 34.5 cm³/mol. The predicted octanol–water partition coefficient (Wildman–Crippen LogP) is -1.02. The Balaban J connectivity index is 2.86. The number of rotatable bonds is 2. The highest BCUT2D eigenvalue weighted by molar-refractivity contribution is 5.79. The summed E-state index contributed by atoms with van der Waals surface area (Å²) in [5.74, 6) is -1.78. The van der Waals surface area contributed by atoms with Gasteiger partial charge in [0.25, 0.3) is 0 Å². The van der Waals surface area contributed by atoms with Gasteiger partial charge in [0.05, 0.1) is 13.2 Å². The van der Waals surface area contributed by atoms with Crippen molar-refractivity contribution >= 4 is 5.97 Å². The maximum absolute atomic E-state index is 10.9. The van der Waals surface area contributed by atoms with Gasteiger partial charge in [0.15, 0.2) is 0 Å². The SMILES string of the molecule is COC(=O)C(C#N)c1nn[nH]n1. The molecule has 0 saturated heterocycles. The van der Waals surface area contributed by atoms with Gasteiger partial charge in [-0.25, -0.2) is 0 Å². The first-order chi connectivity index (χ1) is 5.79. The number of hydrogen-bond acceptors (Lipinski definition) is 6. The topological polar surface area (TPSA) is 105 Å². The molecule has 0 spiro atoms. The van der Waals surface area contributed by atoms with Crippen molar-refractivity contribution in [3.63, 3.8) is 0 Å². The number of tetrazole rings is 1. The fraction of sp³-hybridized carbons (Fsp3) is 0.400. The zero-order chi connectivity index (χ0) is 8.97. The van der Waals surface area contributed by atoms with Crippen LogP contribution in [0.2, 0.25) is 0 Å². The normalized spacial score (nSPS) is 11.7. The van der Waals surface area contributed by atoms with E-state index in [1.165, 1.54) is 7.11 Å². The third kappa shape index (κ3) is 1.37. The molecule has 1 aromatic heterocycles. The third-order valence-corrected chi connectivity index (χ3v) is 1.19. The summed E-state index contributed by atoms with van der Waals surface area (Å²) in [6.45, 7) is 0. The fourth-order valence-electron chi connectivity index (χ4n) is 0.626. The number of carbonyl (C=O) groups excluding carboxylic acids is 1. The van der Waals surface area contributed by atoms with Gasteiger partial charge in [-0.1, -0.05) is 5.21 Å². The number of carbonyl (C=O) groups is 1. The molecule has 0 saturated carbocycles. The van der Waals surface area contributed by atoms with E-state index in [4.69, 9.17) is 5.26 Å². The molecule has 62 valence electrons. The van der Waals surface area contributed by atoms with E-state index in [2.05, 4.69) is 25.4 Å². The van der Waals surface area contributed by atoms with Crippen molar-refractivity contribution in [1.82, 2.24) is 20.6 Å². The third-order valence-electron chi connectivity index (χ3n) is 1.19. The molecule has 1 N–H and O–H groups in total. The van der Waals surface area contributed by atoms with Crippen LogP contribution in [0.1, 0.15) is 11.7 Å². The van der Waals surface area contributed by atoms with Gasteiger partial charge < -0.3 is 4.74 Å². The summed E-state index contributed by atoms with van der Waals surface area (Å²) in [7, 11) is 1.19. The molecule has 12 heavy (non-hydrogen) atoms. The van der Waals surface area contributed by atoms with Gasteiger partial charge in [-0.3, -0.25) is 4.79 Å². The summed E-state index contributed by atoms with van der Waals surface area (Å²) >= 11 is 0. The van der Waals surface area contributed by atoms with E-state index in [-0.39, 0.29) is 5.82 Å². The molecule has 7 heteroatoms. The Morgan fingerprint density at radius 2 is 2.58 bits per heavy atom. The Bertz CT molecular complexity index is 300. The Hall–Kier alpha value is -1.97. The second-order valence-corrected chi connectivity index (χ2v) is 1.86. The molecule has 0 radical (unpaired) electrons. The number of nitriles is 1. The summed E-state index contributed by atoms with van der Waals surface area (Å²) in [6, 6.07) is 1.70. The zero-order valence-corrected chi connectivity index (χ0v) is 6.18. The fourth-order valence-corrected chi connectivity index (χ4v) is 0.626. The van der Waals surface area contributed by atoms with Gasteiger partial charge in [0.2, 0.25) is 11.7 Å². The lowest BCUT2D eigenvalue weighted by Gasteiger charge is -1.99. The summed E-state index contributed by atoms with van der Waals surface area (Å²) in [6.07, 6.45) is 0. The van der Waals surface area contributed by atoms with Crippen molar-refractivity contribution in [2.24, 2.45) is 0 Å². The van der Waals surface area contributed by atoms with Crippen molar-refractivity contribution < 1.29 is 9.53 Å². The molecule has 7 nitrogen and oxygen atoms in total. The minimum Gasteiger partial charge on any atom is -0.468 e. The molecule has 1 rings (SSSR count). The van der Waals surface area contributed by atoms with Gasteiger partial charge in [-0.05, 0) is 0 Å². The van der Waals surface area contributed by atoms with E-state index in [1.807, 2.05) is 0 Å². The van der Waals surface area contributed by atoms with Crippen LogP contribution in [0.25, 0.3) is 0 Å². The average molecular weight is 167 g/mol. The number of H-pyrrole nitrogens is 1. The smallest absolute Gasteiger partial charge is 0.331 e. The van der Waals surface area contributed by atoms with Crippen LogP contribution < -0.4 is 0 Å². The summed E-state index contributed by atoms with van der Waals surface area (Å²) < 4.78 is 4.34. The van der Waals surface area contributed by atoms with Gasteiger partial charge in [0.1, 0.15) is 0 Å². The number of aromatic amines is 1. The van der Waals surface area contributed by atoms with Gasteiger partial charge in [-0.15, -0.1) is 10.2 Å². The van der Waals surface area contributed by atoms with Crippen LogP contribution in [0.4, 0.5) is 0 Å². The summed E-state index contributed by atoms with van der Waals surface area (Å²) in [5, 5.41) is 20.8. The molecule has 0 fully saturated rings. The molecular formula is C5H5N5O2. The summed E-state index contributed by atoms with van der Waals surface area (Å²) in [4.78, 5) is 10.9. The Labute approximate surface area is 67.3 Å². The van der Waals surface area contributed by atoms with E-state index in [0.717, 1.165) is 0 Å². The van der Waals surface area contributed by atoms with Crippen molar-refractivity contribution in [2.45, 2.75) is 5.92 Å². The second kappa shape index (κ2) is 3.43. The van der Waals surface area contributed by atoms with E-state index >= 15 is 0 Å². The molecule has 1 atom stereocenters. The Morgan fingerprint density at radius 1 is 1.83 bits per heavy atom. The van der Waals surface area contributed by atoms with E-state index in [0.29, 0.717) is 0 Å². The Morgan fingerprint density at radius 3 is 3.00 bits per heavy atom. The molecule has 1 aromatic rings. The van der Waals surface area contributed by atoms with Gasteiger partial charge in [-0.2, -0.15) is 10.5 Å². The molecule has 0 aliphatic rings. The first-order valence-corrected chi connectivity index (χ1v) is 3.00. The largest absolute Gasteiger partial charge is 0.468 e. The Kier molecular flexibility index (Phi) is 2.32. The summed E-state index contributed by atoms with van der Waals surface area (Å²) in [5.41, 5.74) is 0. The lowest BCUT2D eigenvalue weighted by Crippen LogP contribution is -2.13. The van der Waals surface area contributed by atoms with Crippen molar-refractivity contribution in [3.05, 3.63) is 5.82 Å². The molecule has 0 aliphatic carbocycles. The van der Waals surface area contributed by atoms with E-state index in [1.54, 1.807) is 6.07 Å². The maximum atomic E-state index is 10.9. The number of nitrogens with one attached hydrogen (secondary N) is 1. The highest BCUT2D eigenvalue weighted by atomic mass is 16.5. The number of ether oxygens (including phenoxy) is 1. The molecule has 1 heterocycles. The lowest BCUT2D eigenvalue weighted by molar-refractivity contribution is -0.141. The minimum absolute atomic E-state index is 0.0179. The van der Waals surface area contributed by atoms with Crippen LogP contribution in [0.3, 0.4) is 0 Å². The van der Waals surface area contributed by atoms with E-state index in [9.17, 15) is 4.79 Å². The zero-order valence-electron chi connectivity index (χ0n) is 6.18. The van der Waals surface area contributed by atoms with Crippen LogP contribution >= 0.6 is 0 Å². The van der Waals surface area contributed by atoms with Crippen LogP contribution in [0.15, 0.2) is 0 Å². The lowest BCUT2D eigenvalue weighted by atomic mass is 10.2. The highest BCUT2D eigenvalue weighted by Crippen LogP contribution is 2.08. The number of hydrogen-bond donors (Lipinski definition) is 1. The molecular weight excluding hydrogens is 162 g/mol. The van der Waals surface area contributed by atoms with Gasteiger partial charge >= 0.3 is 5.97 Å². The van der Waals surface area contributed by atoms with Crippen LogP contribution in [0, 0.1) is 11.3 Å².